The number of hydrogen-bond donors (Lipinski definition) is 2. The summed E-state index contributed by atoms with van der Waals surface area (Å²) in [4.78, 5) is 25.4. The summed E-state index contributed by atoms with van der Waals surface area (Å²) < 4.78 is 0. The SMILES string of the molecule is C=CCCC(=O)NCC1CCN(C(=O)NC(C)(C)C)CC1. The fourth-order valence-electron chi connectivity index (χ4n) is 2.32. The van der Waals surface area contributed by atoms with E-state index < -0.39 is 0 Å². The van der Waals surface area contributed by atoms with Gasteiger partial charge in [0.25, 0.3) is 0 Å². The number of urea groups is 1. The smallest absolute Gasteiger partial charge is 0.317 e. The number of likely N-dealkylation sites (tertiary alicyclic amines) is 1. The first-order valence-electron chi connectivity index (χ1n) is 7.76. The van der Waals surface area contributed by atoms with Crippen molar-refractivity contribution in [1.29, 1.82) is 0 Å². The van der Waals surface area contributed by atoms with Gasteiger partial charge in [0.1, 0.15) is 0 Å². The van der Waals surface area contributed by atoms with Crippen LogP contribution in [0.1, 0.15) is 46.5 Å². The molecule has 1 rings (SSSR count). The van der Waals surface area contributed by atoms with E-state index in [9.17, 15) is 9.59 Å². The Bertz CT molecular complexity index is 366. The molecule has 0 spiro atoms. The molecule has 1 heterocycles. The summed E-state index contributed by atoms with van der Waals surface area (Å²) in [6, 6.07) is 0.0102. The molecule has 0 aliphatic carbocycles. The molecule has 0 radical (unpaired) electrons. The van der Waals surface area contributed by atoms with Gasteiger partial charge in [-0.1, -0.05) is 6.08 Å². The Morgan fingerprint density at radius 2 is 1.90 bits per heavy atom. The number of allylic oxidation sites excluding steroid dienone is 1. The van der Waals surface area contributed by atoms with Crippen molar-refractivity contribution in [3.8, 4) is 0 Å². The number of carbonyl (C=O) groups is 2. The van der Waals surface area contributed by atoms with Crippen LogP contribution in [0.15, 0.2) is 12.7 Å². The average Bonchev–Trinajstić information content (AvgIpc) is 2.41. The van der Waals surface area contributed by atoms with Crippen molar-refractivity contribution in [2.45, 2.75) is 52.0 Å². The minimum absolute atomic E-state index is 0.0102. The number of hydrogen-bond acceptors (Lipinski definition) is 2. The average molecular weight is 295 g/mol. The van der Waals surface area contributed by atoms with E-state index in [0.29, 0.717) is 18.9 Å². The molecule has 5 nitrogen and oxygen atoms in total. The molecule has 120 valence electrons. The van der Waals surface area contributed by atoms with Crippen LogP contribution in [-0.4, -0.2) is 42.0 Å². The quantitative estimate of drug-likeness (QED) is 0.764. The van der Waals surface area contributed by atoms with Gasteiger partial charge in [0.15, 0.2) is 0 Å². The van der Waals surface area contributed by atoms with E-state index in [2.05, 4.69) is 17.2 Å². The van der Waals surface area contributed by atoms with Crippen LogP contribution in [0.25, 0.3) is 0 Å². The van der Waals surface area contributed by atoms with E-state index in [1.54, 1.807) is 6.08 Å². The standard InChI is InChI=1S/C16H29N3O2/c1-5-6-7-14(20)17-12-13-8-10-19(11-9-13)15(21)18-16(2,3)4/h5,13H,1,6-12H2,2-4H3,(H,17,20)(H,18,21). The lowest BCUT2D eigenvalue weighted by Crippen LogP contribution is -2.51. The summed E-state index contributed by atoms with van der Waals surface area (Å²) in [6.07, 6.45) is 4.87. The van der Waals surface area contributed by atoms with E-state index in [4.69, 9.17) is 0 Å². The maximum absolute atomic E-state index is 12.0. The third-order valence-corrected chi connectivity index (χ3v) is 3.55. The third-order valence-electron chi connectivity index (χ3n) is 3.55. The van der Waals surface area contributed by atoms with Gasteiger partial charge in [-0.15, -0.1) is 6.58 Å². The zero-order chi connectivity index (χ0) is 15.9. The minimum Gasteiger partial charge on any atom is -0.356 e. The predicted molar refractivity (Wildman–Crippen MR) is 85.0 cm³/mol. The highest BCUT2D eigenvalue weighted by atomic mass is 16.2. The van der Waals surface area contributed by atoms with Crippen molar-refractivity contribution in [2.24, 2.45) is 5.92 Å². The van der Waals surface area contributed by atoms with Crippen molar-refractivity contribution in [3.05, 3.63) is 12.7 Å². The van der Waals surface area contributed by atoms with Gasteiger partial charge in [-0.05, 0) is 46.0 Å². The Balaban J connectivity index is 2.24. The molecule has 1 saturated heterocycles. The van der Waals surface area contributed by atoms with Crippen molar-refractivity contribution >= 4 is 11.9 Å². The van der Waals surface area contributed by atoms with E-state index >= 15 is 0 Å². The van der Waals surface area contributed by atoms with Crippen LogP contribution < -0.4 is 10.6 Å². The molecule has 0 aromatic rings. The summed E-state index contributed by atoms with van der Waals surface area (Å²) in [6.45, 7) is 11.8. The summed E-state index contributed by atoms with van der Waals surface area (Å²) >= 11 is 0. The van der Waals surface area contributed by atoms with Crippen molar-refractivity contribution < 1.29 is 9.59 Å². The topological polar surface area (TPSA) is 61.4 Å². The van der Waals surface area contributed by atoms with Gasteiger partial charge in [0, 0.05) is 31.6 Å². The third kappa shape index (κ3) is 7.16. The fraction of sp³-hybridized carbons (Fsp3) is 0.750. The first-order chi connectivity index (χ1) is 9.81. The fourth-order valence-corrected chi connectivity index (χ4v) is 2.32. The lowest BCUT2D eigenvalue weighted by atomic mass is 9.97. The summed E-state index contributed by atoms with van der Waals surface area (Å²) in [5.41, 5.74) is -0.201. The number of carbonyl (C=O) groups excluding carboxylic acids is 2. The molecule has 0 saturated carbocycles. The molecule has 0 aromatic heterocycles. The van der Waals surface area contributed by atoms with Crippen LogP contribution in [0.4, 0.5) is 4.79 Å². The van der Waals surface area contributed by atoms with E-state index in [1.165, 1.54) is 0 Å². The molecular weight excluding hydrogens is 266 g/mol. The lowest BCUT2D eigenvalue weighted by molar-refractivity contribution is -0.121. The number of nitrogens with one attached hydrogen (secondary N) is 2. The molecule has 2 N–H and O–H groups in total. The van der Waals surface area contributed by atoms with Crippen molar-refractivity contribution in [3.63, 3.8) is 0 Å². The Hall–Kier alpha value is -1.52. The largest absolute Gasteiger partial charge is 0.356 e. The second kappa shape index (κ2) is 8.05. The number of nitrogens with zero attached hydrogens (tertiary/aromatic N) is 1. The number of piperidine rings is 1. The maximum atomic E-state index is 12.0. The van der Waals surface area contributed by atoms with Gasteiger partial charge in [-0.2, -0.15) is 0 Å². The molecule has 1 aliphatic heterocycles. The molecule has 21 heavy (non-hydrogen) atoms. The van der Waals surface area contributed by atoms with Gasteiger partial charge < -0.3 is 15.5 Å². The van der Waals surface area contributed by atoms with Crippen LogP contribution in [0.3, 0.4) is 0 Å². The lowest BCUT2D eigenvalue weighted by Gasteiger charge is -2.34. The van der Waals surface area contributed by atoms with E-state index in [-0.39, 0.29) is 17.5 Å². The summed E-state index contributed by atoms with van der Waals surface area (Å²) in [5, 5.41) is 5.95. The highest BCUT2D eigenvalue weighted by Gasteiger charge is 2.25. The molecule has 5 heteroatoms. The van der Waals surface area contributed by atoms with Gasteiger partial charge in [-0.25, -0.2) is 4.79 Å². The van der Waals surface area contributed by atoms with Crippen LogP contribution in [-0.2, 0) is 4.79 Å². The van der Waals surface area contributed by atoms with Crippen molar-refractivity contribution in [2.75, 3.05) is 19.6 Å². The van der Waals surface area contributed by atoms with Gasteiger partial charge >= 0.3 is 6.03 Å². The maximum Gasteiger partial charge on any atom is 0.317 e. The van der Waals surface area contributed by atoms with Crippen LogP contribution in [0.5, 0.6) is 0 Å². The summed E-state index contributed by atoms with van der Waals surface area (Å²) in [7, 11) is 0. The zero-order valence-corrected chi connectivity index (χ0v) is 13.6. The van der Waals surface area contributed by atoms with E-state index in [1.807, 2.05) is 25.7 Å². The summed E-state index contributed by atoms with van der Waals surface area (Å²) in [5.74, 6) is 0.555. The Morgan fingerprint density at radius 3 is 2.43 bits per heavy atom. The first-order valence-corrected chi connectivity index (χ1v) is 7.76. The van der Waals surface area contributed by atoms with Gasteiger partial charge in [0.2, 0.25) is 5.91 Å². The molecular formula is C16H29N3O2. The van der Waals surface area contributed by atoms with Crippen molar-refractivity contribution in [1.82, 2.24) is 15.5 Å². The molecule has 3 amide bonds. The molecule has 0 aromatic carbocycles. The Morgan fingerprint density at radius 1 is 1.29 bits per heavy atom. The Labute approximate surface area is 128 Å². The molecule has 0 atom stereocenters. The highest BCUT2D eigenvalue weighted by molar-refractivity contribution is 5.76. The highest BCUT2D eigenvalue weighted by Crippen LogP contribution is 2.17. The normalized spacial score (nSPS) is 16.4. The first kappa shape index (κ1) is 17.5. The second-order valence-corrected chi connectivity index (χ2v) is 6.74. The molecule has 0 unspecified atom stereocenters. The van der Waals surface area contributed by atoms with Gasteiger partial charge in [0.05, 0.1) is 0 Å². The van der Waals surface area contributed by atoms with Crippen LogP contribution >= 0.6 is 0 Å². The van der Waals surface area contributed by atoms with E-state index in [0.717, 1.165) is 32.4 Å². The Kier molecular flexibility index (Phi) is 6.72. The van der Waals surface area contributed by atoms with Crippen LogP contribution in [0, 0.1) is 5.92 Å². The van der Waals surface area contributed by atoms with Gasteiger partial charge in [-0.3, -0.25) is 4.79 Å². The minimum atomic E-state index is -0.201. The molecule has 0 bridgehead atoms. The second-order valence-electron chi connectivity index (χ2n) is 6.74. The number of rotatable bonds is 5. The number of amides is 3. The van der Waals surface area contributed by atoms with Crippen LogP contribution in [0.2, 0.25) is 0 Å². The molecule has 1 aliphatic rings. The molecule has 1 fully saturated rings. The monoisotopic (exact) mass is 295 g/mol. The zero-order valence-electron chi connectivity index (χ0n) is 13.6. The predicted octanol–water partition coefficient (Wildman–Crippen LogP) is 2.29.